The first-order chi connectivity index (χ1) is 17.8. The molecule has 37 heavy (non-hydrogen) atoms. The molecule has 1 N–H and O–H groups in total. The fourth-order valence-corrected chi connectivity index (χ4v) is 5.58. The SMILES string of the molecule is CCOc1cc(/C=C2/SC(=O)N(CC(=O)N3CCCC3)C2=O)cc(I)c1OCc1ccc(C(=O)O)cc1. The molecule has 4 rings (SSSR count). The minimum Gasteiger partial charge on any atom is -0.490 e. The van der Waals surface area contributed by atoms with Gasteiger partial charge in [0.25, 0.3) is 11.1 Å². The minimum atomic E-state index is -0.993. The highest BCUT2D eigenvalue weighted by atomic mass is 127. The topological polar surface area (TPSA) is 113 Å². The second-order valence-corrected chi connectivity index (χ2v) is 10.6. The quantitative estimate of drug-likeness (QED) is 0.314. The van der Waals surface area contributed by atoms with Crippen LogP contribution < -0.4 is 9.47 Å². The molecule has 0 spiro atoms. The van der Waals surface area contributed by atoms with Gasteiger partial charge in [0, 0.05) is 13.1 Å². The lowest BCUT2D eigenvalue weighted by molar-refractivity contribution is -0.135. The van der Waals surface area contributed by atoms with Crippen molar-refractivity contribution >= 4 is 63.5 Å². The van der Waals surface area contributed by atoms with Crippen molar-refractivity contribution in [2.45, 2.75) is 26.4 Å². The van der Waals surface area contributed by atoms with E-state index in [0.29, 0.717) is 36.8 Å². The number of rotatable bonds is 9. The number of carbonyl (C=O) groups is 4. The van der Waals surface area contributed by atoms with Crippen LogP contribution in [0.1, 0.15) is 41.3 Å². The van der Waals surface area contributed by atoms with E-state index in [4.69, 9.17) is 14.6 Å². The average molecular weight is 636 g/mol. The van der Waals surface area contributed by atoms with Crippen LogP contribution in [0.2, 0.25) is 0 Å². The molecule has 2 fully saturated rings. The summed E-state index contributed by atoms with van der Waals surface area (Å²) < 4.78 is 12.5. The molecule has 2 aromatic rings. The molecule has 2 saturated heterocycles. The Hall–Kier alpha value is -3.06. The van der Waals surface area contributed by atoms with Crippen LogP contribution >= 0.6 is 34.4 Å². The fraction of sp³-hybridized carbons (Fsp3) is 0.308. The summed E-state index contributed by atoms with van der Waals surface area (Å²) in [6.07, 6.45) is 3.49. The van der Waals surface area contributed by atoms with Crippen LogP contribution in [0.5, 0.6) is 11.5 Å². The molecule has 0 radical (unpaired) electrons. The number of amides is 3. The van der Waals surface area contributed by atoms with Gasteiger partial charge in [0.05, 0.1) is 20.6 Å². The number of thioether (sulfide) groups is 1. The molecule has 194 valence electrons. The molecule has 0 bridgehead atoms. The van der Waals surface area contributed by atoms with E-state index in [-0.39, 0.29) is 29.5 Å². The highest BCUT2D eigenvalue weighted by Crippen LogP contribution is 2.38. The summed E-state index contributed by atoms with van der Waals surface area (Å²) in [4.78, 5) is 51.8. The van der Waals surface area contributed by atoms with E-state index >= 15 is 0 Å². The van der Waals surface area contributed by atoms with Gasteiger partial charge in [-0.2, -0.15) is 0 Å². The van der Waals surface area contributed by atoms with E-state index in [0.717, 1.165) is 38.6 Å². The zero-order chi connectivity index (χ0) is 26.5. The summed E-state index contributed by atoms with van der Waals surface area (Å²) in [6.45, 7) is 3.51. The highest BCUT2D eigenvalue weighted by molar-refractivity contribution is 14.1. The molecule has 11 heteroatoms. The van der Waals surface area contributed by atoms with Crippen molar-refractivity contribution in [3.63, 3.8) is 0 Å². The molecule has 3 amide bonds. The van der Waals surface area contributed by atoms with E-state index in [9.17, 15) is 19.2 Å². The standard InChI is InChI=1S/C26H25IN2O7S/c1-2-35-20-12-17(11-19(27)23(20)36-15-16-5-7-18(8-6-16)25(32)33)13-21-24(31)29(26(34)37-21)14-22(30)28-9-3-4-10-28/h5-8,11-13H,2-4,9-10,14-15H2,1H3,(H,32,33)/b21-13+. The number of likely N-dealkylation sites (tertiary alicyclic amines) is 1. The lowest BCUT2D eigenvalue weighted by Gasteiger charge is -2.18. The van der Waals surface area contributed by atoms with E-state index in [1.165, 1.54) is 12.1 Å². The third-order valence-electron chi connectivity index (χ3n) is 5.84. The van der Waals surface area contributed by atoms with Gasteiger partial charge in [0.1, 0.15) is 13.2 Å². The zero-order valence-electron chi connectivity index (χ0n) is 20.1. The van der Waals surface area contributed by atoms with Crippen molar-refractivity contribution in [2.75, 3.05) is 26.2 Å². The third-order valence-corrected chi connectivity index (χ3v) is 7.55. The molecule has 2 heterocycles. The second-order valence-electron chi connectivity index (χ2n) is 8.41. The van der Waals surface area contributed by atoms with Crippen molar-refractivity contribution in [3.05, 3.63) is 61.6 Å². The Morgan fingerprint density at radius 1 is 1.11 bits per heavy atom. The maximum atomic E-state index is 12.9. The van der Waals surface area contributed by atoms with Crippen molar-refractivity contribution in [1.29, 1.82) is 0 Å². The van der Waals surface area contributed by atoms with Crippen molar-refractivity contribution in [2.24, 2.45) is 0 Å². The molecule has 0 aliphatic carbocycles. The summed E-state index contributed by atoms with van der Waals surface area (Å²) in [5.41, 5.74) is 1.65. The lowest BCUT2D eigenvalue weighted by Crippen LogP contribution is -2.40. The molecule has 2 aliphatic heterocycles. The normalized spacial score (nSPS) is 16.5. The smallest absolute Gasteiger partial charge is 0.335 e. The number of ether oxygens (including phenoxy) is 2. The minimum absolute atomic E-state index is 0.197. The van der Waals surface area contributed by atoms with Gasteiger partial charge < -0.3 is 19.5 Å². The number of carboxylic acid groups (broad SMARTS) is 1. The maximum Gasteiger partial charge on any atom is 0.335 e. The van der Waals surface area contributed by atoms with Crippen LogP contribution in [0, 0.1) is 3.57 Å². The lowest BCUT2D eigenvalue weighted by atomic mass is 10.1. The van der Waals surface area contributed by atoms with Gasteiger partial charge in [-0.1, -0.05) is 12.1 Å². The summed E-state index contributed by atoms with van der Waals surface area (Å²) in [5.74, 6) is -0.696. The van der Waals surface area contributed by atoms with Crippen LogP contribution in [0.4, 0.5) is 4.79 Å². The predicted octanol–water partition coefficient (Wildman–Crippen LogP) is 4.63. The molecule has 0 unspecified atom stereocenters. The first-order valence-electron chi connectivity index (χ1n) is 11.7. The van der Waals surface area contributed by atoms with Crippen LogP contribution in [0.15, 0.2) is 41.3 Å². The van der Waals surface area contributed by atoms with Gasteiger partial charge in [-0.25, -0.2) is 4.79 Å². The van der Waals surface area contributed by atoms with Crippen LogP contribution in [-0.2, 0) is 16.2 Å². The largest absolute Gasteiger partial charge is 0.490 e. The van der Waals surface area contributed by atoms with Crippen molar-refractivity contribution in [3.8, 4) is 11.5 Å². The average Bonchev–Trinajstić information content (AvgIpc) is 3.49. The van der Waals surface area contributed by atoms with E-state index in [1.807, 2.05) is 13.0 Å². The number of imide groups is 1. The Kier molecular flexibility index (Phi) is 8.75. The van der Waals surface area contributed by atoms with Gasteiger partial charge in [0.2, 0.25) is 5.91 Å². The molecular formula is C26H25IN2O7S. The summed E-state index contributed by atoms with van der Waals surface area (Å²) >= 11 is 2.93. The zero-order valence-corrected chi connectivity index (χ0v) is 23.0. The number of carbonyl (C=O) groups excluding carboxylic acids is 3. The Bertz CT molecular complexity index is 1260. The number of nitrogens with zero attached hydrogens (tertiary/aromatic N) is 2. The Morgan fingerprint density at radius 3 is 2.46 bits per heavy atom. The maximum absolute atomic E-state index is 12.9. The molecule has 9 nitrogen and oxygen atoms in total. The Labute approximate surface area is 231 Å². The summed E-state index contributed by atoms with van der Waals surface area (Å²) in [6, 6.07) is 9.97. The summed E-state index contributed by atoms with van der Waals surface area (Å²) in [7, 11) is 0. The third kappa shape index (κ3) is 6.45. The molecule has 2 aromatic carbocycles. The number of hydrogen-bond acceptors (Lipinski definition) is 7. The van der Waals surface area contributed by atoms with Crippen LogP contribution in [-0.4, -0.2) is 64.2 Å². The van der Waals surface area contributed by atoms with Crippen molar-refractivity contribution < 1.29 is 33.8 Å². The van der Waals surface area contributed by atoms with E-state index in [1.54, 1.807) is 29.2 Å². The van der Waals surface area contributed by atoms with Gasteiger partial charge in [0.15, 0.2) is 11.5 Å². The number of carboxylic acids is 1. The van der Waals surface area contributed by atoms with Gasteiger partial charge >= 0.3 is 5.97 Å². The fourth-order valence-electron chi connectivity index (χ4n) is 3.96. The van der Waals surface area contributed by atoms with E-state index in [2.05, 4.69) is 22.6 Å². The number of benzene rings is 2. The highest BCUT2D eigenvalue weighted by Gasteiger charge is 2.37. The first kappa shape index (κ1) is 27.0. The molecule has 0 saturated carbocycles. The van der Waals surface area contributed by atoms with Gasteiger partial charge in [-0.05, 0) is 95.6 Å². The van der Waals surface area contributed by atoms with E-state index < -0.39 is 17.1 Å². The first-order valence-corrected chi connectivity index (χ1v) is 13.6. The van der Waals surface area contributed by atoms with Crippen molar-refractivity contribution in [1.82, 2.24) is 9.80 Å². The predicted molar refractivity (Wildman–Crippen MR) is 147 cm³/mol. The number of aromatic carboxylic acids is 1. The van der Waals surface area contributed by atoms with Gasteiger partial charge in [-0.15, -0.1) is 0 Å². The Balaban J connectivity index is 1.50. The van der Waals surface area contributed by atoms with Crippen LogP contribution in [0.3, 0.4) is 0 Å². The number of halogens is 1. The number of hydrogen-bond donors (Lipinski definition) is 1. The molecular weight excluding hydrogens is 611 g/mol. The molecule has 2 aliphatic rings. The van der Waals surface area contributed by atoms with Gasteiger partial charge in [-0.3, -0.25) is 19.3 Å². The second kappa shape index (κ2) is 12.0. The summed E-state index contributed by atoms with van der Waals surface area (Å²) in [5, 5.41) is 8.60. The van der Waals surface area contributed by atoms with Crippen LogP contribution in [0.25, 0.3) is 6.08 Å². The molecule has 0 atom stereocenters. The Morgan fingerprint density at radius 2 is 1.81 bits per heavy atom. The molecule has 0 aromatic heterocycles. The monoisotopic (exact) mass is 636 g/mol.